The van der Waals surface area contributed by atoms with Gasteiger partial charge in [0.15, 0.2) is 6.10 Å². The number of para-hydroxylation sites is 1. The van der Waals surface area contributed by atoms with Gasteiger partial charge in [-0.2, -0.15) is 0 Å². The zero-order valence-corrected chi connectivity index (χ0v) is 12.2. The Bertz CT molecular complexity index is 488. The maximum atomic E-state index is 12.6. The molecule has 1 N–H and O–H groups in total. The number of carboxylic acid groups (broad SMARTS) is 1. The number of amides is 1. The maximum absolute atomic E-state index is 12.6. The van der Waals surface area contributed by atoms with Gasteiger partial charge >= 0.3 is 5.97 Å². The number of rotatable bonds is 5. The molecule has 0 bridgehead atoms. The molecule has 1 amide bonds. The summed E-state index contributed by atoms with van der Waals surface area (Å²) in [6.45, 7) is 2.36. The van der Waals surface area contributed by atoms with Gasteiger partial charge in [0.1, 0.15) is 11.8 Å². The highest BCUT2D eigenvalue weighted by Gasteiger charge is 2.35. The summed E-state index contributed by atoms with van der Waals surface area (Å²) in [5.74, 6) is -0.535. The average molecular weight is 291 g/mol. The summed E-state index contributed by atoms with van der Waals surface area (Å²) in [5, 5.41) is 9.27. The molecule has 0 aliphatic carbocycles. The molecule has 21 heavy (non-hydrogen) atoms. The number of likely N-dealkylation sites (tertiary alicyclic amines) is 1. The van der Waals surface area contributed by atoms with Crippen molar-refractivity contribution in [1.29, 1.82) is 0 Å². The zero-order chi connectivity index (χ0) is 15.2. The number of benzene rings is 1. The smallest absolute Gasteiger partial charge is 0.326 e. The molecule has 5 heteroatoms. The fourth-order valence-electron chi connectivity index (χ4n) is 2.61. The number of carboxylic acids is 1. The summed E-state index contributed by atoms with van der Waals surface area (Å²) in [5.41, 5.74) is 0. The number of aliphatic carboxylic acids is 1. The predicted octanol–water partition coefficient (Wildman–Crippen LogP) is 2.31. The molecule has 1 aliphatic heterocycles. The fraction of sp³-hybridized carbons (Fsp3) is 0.500. The Hall–Kier alpha value is -2.04. The number of nitrogens with zero attached hydrogens (tertiary/aromatic N) is 1. The SMILES string of the molecule is CCC(Oc1ccccc1)C(=O)N1CCCC[C@H]1C(=O)O. The molecule has 1 saturated heterocycles. The van der Waals surface area contributed by atoms with Crippen LogP contribution in [0.4, 0.5) is 0 Å². The normalized spacial score (nSPS) is 19.9. The molecular formula is C16H21NO4. The van der Waals surface area contributed by atoms with E-state index in [0.717, 1.165) is 12.8 Å². The Morgan fingerprint density at radius 2 is 2.05 bits per heavy atom. The molecule has 114 valence electrons. The Labute approximate surface area is 124 Å². The zero-order valence-electron chi connectivity index (χ0n) is 12.2. The molecule has 0 saturated carbocycles. The standard InChI is InChI=1S/C16H21NO4/c1-2-14(21-12-8-4-3-5-9-12)15(18)17-11-7-6-10-13(17)16(19)20/h3-5,8-9,13-14H,2,6-7,10-11H2,1H3,(H,19,20)/t13-,14?/m0/s1. The molecule has 2 rings (SSSR count). The molecule has 1 aliphatic rings. The minimum Gasteiger partial charge on any atom is -0.481 e. The lowest BCUT2D eigenvalue weighted by Gasteiger charge is -2.35. The van der Waals surface area contributed by atoms with E-state index in [4.69, 9.17) is 4.74 Å². The van der Waals surface area contributed by atoms with E-state index in [1.54, 1.807) is 12.1 Å². The number of hydrogen-bond acceptors (Lipinski definition) is 3. The van der Waals surface area contributed by atoms with Crippen molar-refractivity contribution in [3.05, 3.63) is 30.3 Å². The monoisotopic (exact) mass is 291 g/mol. The Morgan fingerprint density at radius 3 is 2.67 bits per heavy atom. The summed E-state index contributed by atoms with van der Waals surface area (Å²) < 4.78 is 5.72. The van der Waals surface area contributed by atoms with Crippen LogP contribution in [0.5, 0.6) is 5.75 Å². The summed E-state index contributed by atoms with van der Waals surface area (Å²) in [6, 6.07) is 8.42. The van der Waals surface area contributed by atoms with E-state index in [0.29, 0.717) is 25.1 Å². The number of carbonyl (C=O) groups excluding carboxylic acids is 1. The van der Waals surface area contributed by atoms with Gasteiger partial charge in [-0.3, -0.25) is 4.79 Å². The minimum atomic E-state index is -0.933. The highest BCUT2D eigenvalue weighted by atomic mass is 16.5. The van der Waals surface area contributed by atoms with Gasteiger partial charge in [-0.1, -0.05) is 25.1 Å². The summed E-state index contributed by atoms with van der Waals surface area (Å²) in [6.07, 6.45) is 2.08. The lowest BCUT2D eigenvalue weighted by molar-refractivity contribution is -0.155. The summed E-state index contributed by atoms with van der Waals surface area (Å²) in [4.78, 5) is 25.4. The van der Waals surface area contributed by atoms with Crippen LogP contribution in [0.25, 0.3) is 0 Å². The van der Waals surface area contributed by atoms with Crippen LogP contribution in [0.15, 0.2) is 30.3 Å². The summed E-state index contributed by atoms with van der Waals surface area (Å²) >= 11 is 0. The lowest BCUT2D eigenvalue weighted by atomic mass is 10.0. The third-order valence-electron chi connectivity index (χ3n) is 3.74. The van der Waals surface area contributed by atoms with E-state index in [2.05, 4.69) is 0 Å². The van der Waals surface area contributed by atoms with Gasteiger partial charge in [0.05, 0.1) is 0 Å². The van der Waals surface area contributed by atoms with Crippen molar-refractivity contribution >= 4 is 11.9 Å². The van der Waals surface area contributed by atoms with E-state index >= 15 is 0 Å². The third kappa shape index (κ3) is 3.74. The Morgan fingerprint density at radius 1 is 1.33 bits per heavy atom. The number of carbonyl (C=O) groups is 2. The van der Waals surface area contributed by atoms with Crippen molar-refractivity contribution in [1.82, 2.24) is 4.90 Å². The van der Waals surface area contributed by atoms with E-state index in [-0.39, 0.29) is 5.91 Å². The number of piperidine rings is 1. The van der Waals surface area contributed by atoms with Crippen LogP contribution in [-0.2, 0) is 9.59 Å². The van der Waals surface area contributed by atoms with Crippen LogP contribution < -0.4 is 4.74 Å². The van der Waals surface area contributed by atoms with Crippen LogP contribution in [0.1, 0.15) is 32.6 Å². The molecule has 0 aromatic heterocycles. The largest absolute Gasteiger partial charge is 0.481 e. The first-order valence-electron chi connectivity index (χ1n) is 7.38. The van der Waals surface area contributed by atoms with Crippen LogP contribution in [0.2, 0.25) is 0 Å². The van der Waals surface area contributed by atoms with Gasteiger partial charge in [0.2, 0.25) is 0 Å². The van der Waals surface area contributed by atoms with Crippen molar-refractivity contribution in [2.24, 2.45) is 0 Å². The van der Waals surface area contributed by atoms with Crippen molar-refractivity contribution < 1.29 is 19.4 Å². The van der Waals surface area contributed by atoms with Gasteiger partial charge in [-0.15, -0.1) is 0 Å². The fourth-order valence-corrected chi connectivity index (χ4v) is 2.61. The molecule has 0 radical (unpaired) electrons. The first-order valence-corrected chi connectivity index (χ1v) is 7.38. The molecular weight excluding hydrogens is 270 g/mol. The molecule has 5 nitrogen and oxygen atoms in total. The first kappa shape index (κ1) is 15.4. The third-order valence-corrected chi connectivity index (χ3v) is 3.74. The number of ether oxygens (including phenoxy) is 1. The van der Waals surface area contributed by atoms with Gasteiger partial charge in [-0.05, 0) is 37.8 Å². The van der Waals surface area contributed by atoms with Crippen LogP contribution in [0, 0.1) is 0 Å². The van der Waals surface area contributed by atoms with E-state index < -0.39 is 18.1 Å². The van der Waals surface area contributed by atoms with Crippen molar-refractivity contribution in [3.8, 4) is 5.75 Å². The molecule has 0 spiro atoms. The van der Waals surface area contributed by atoms with Crippen LogP contribution in [-0.4, -0.2) is 40.6 Å². The second-order valence-corrected chi connectivity index (χ2v) is 5.21. The molecule has 1 fully saturated rings. The van der Waals surface area contributed by atoms with E-state index in [1.807, 2.05) is 25.1 Å². The van der Waals surface area contributed by atoms with Crippen LogP contribution >= 0.6 is 0 Å². The van der Waals surface area contributed by atoms with Gasteiger partial charge in [0, 0.05) is 6.54 Å². The van der Waals surface area contributed by atoms with Crippen LogP contribution in [0.3, 0.4) is 0 Å². The molecule has 2 atom stereocenters. The Balaban J connectivity index is 2.09. The second kappa shape index (κ2) is 7.11. The second-order valence-electron chi connectivity index (χ2n) is 5.21. The van der Waals surface area contributed by atoms with E-state index in [9.17, 15) is 14.7 Å². The molecule has 1 heterocycles. The van der Waals surface area contributed by atoms with Crippen molar-refractivity contribution in [3.63, 3.8) is 0 Å². The molecule has 1 aromatic carbocycles. The summed E-state index contributed by atoms with van der Waals surface area (Å²) in [7, 11) is 0. The lowest BCUT2D eigenvalue weighted by Crippen LogP contribution is -2.52. The molecule has 1 unspecified atom stereocenters. The first-order chi connectivity index (χ1) is 10.1. The van der Waals surface area contributed by atoms with E-state index in [1.165, 1.54) is 4.90 Å². The number of hydrogen-bond donors (Lipinski definition) is 1. The van der Waals surface area contributed by atoms with Gasteiger partial charge in [0.25, 0.3) is 5.91 Å². The van der Waals surface area contributed by atoms with Gasteiger partial charge in [-0.25, -0.2) is 4.79 Å². The quantitative estimate of drug-likeness (QED) is 0.904. The highest BCUT2D eigenvalue weighted by Crippen LogP contribution is 2.21. The minimum absolute atomic E-state index is 0.228. The van der Waals surface area contributed by atoms with Crippen molar-refractivity contribution in [2.45, 2.75) is 44.8 Å². The predicted molar refractivity (Wildman–Crippen MR) is 78.1 cm³/mol. The Kier molecular flexibility index (Phi) is 5.20. The highest BCUT2D eigenvalue weighted by molar-refractivity contribution is 5.86. The average Bonchev–Trinajstić information content (AvgIpc) is 2.53. The van der Waals surface area contributed by atoms with Gasteiger partial charge < -0.3 is 14.7 Å². The molecule has 1 aromatic rings. The van der Waals surface area contributed by atoms with Crippen molar-refractivity contribution in [2.75, 3.05) is 6.54 Å². The maximum Gasteiger partial charge on any atom is 0.326 e. The topological polar surface area (TPSA) is 66.8 Å².